The summed E-state index contributed by atoms with van der Waals surface area (Å²) in [6, 6.07) is 12.0. The molecule has 0 saturated heterocycles. The van der Waals surface area contributed by atoms with Gasteiger partial charge in [-0.3, -0.25) is 9.59 Å². The van der Waals surface area contributed by atoms with Crippen molar-refractivity contribution in [3.8, 4) is 11.5 Å². The first-order valence-corrected chi connectivity index (χ1v) is 9.01. The maximum absolute atomic E-state index is 12.2. The molecule has 0 fully saturated rings. The first-order valence-electron chi connectivity index (χ1n) is 8.63. The Morgan fingerprint density at radius 1 is 1.11 bits per heavy atom. The van der Waals surface area contributed by atoms with Crippen LogP contribution in [-0.4, -0.2) is 30.2 Å². The maximum Gasteiger partial charge on any atom is 0.303 e. The molecule has 1 amide bonds. The smallest absolute Gasteiger partial charge is 0.303 e. The van der Waals surface area contributed by atoms with Crippen molar-refractivity contribution in [1.82, 2.24) is 0 Å². The van der Waals surface area contributed by atoms with Gasteiger partial charge in [0.15, 0.2) is 6.61 Å². The quantitative estimate of drug-likeness (QED) is 0.635. The Morgan fingerprint density at radius 2 is 1.85 bits per heavy atom. The standard InChI is InChI=1S/C20H22ClNO5/c1-2-11-26-18-9-3-14(4-10-20(24)25)12-17(18)22-19(23)13-27-16-7-5-15(21)6-8-16/h3,5-9,12H,2,4,10-11,13H2,1H3,(H,22,23)(H,24,25). The van der Waals surface area contributed by atoms with Gasteiger partial charge in [-0.05, 0) is 54.8 Å². The SMILES string of the molecule is CCCOc1ccc(CCC(=O)O)cc1NC(=O)COc1ccc(Cl)cc1. The predicted molar refractivity (Wildman–Crippen MR) is 104 cm³/mol. The molecule has 144 valence electrons. The Hall–Kier alpha value is -2.73. The van der Waals surface area contributed by atoms with E-state index in [0.29, 0.717) is 35.2 Å². The molecule has 0 aliphatic heterocycles. The van der Waals surface area contributed by atoms with Gasteiger partial charge in [-0.1, -0.05) is 24.6 Å². The second-order valence-electron chi connectivity index (χ2n) is 5.86. The number of anilines is 1. The number of halogens is 1. The minimum absolute atomic E-state index is 0.0161. The van der Waals surface area contributed by atoms with Crippen LogP contribution in [0.2, 0.25) is 5.02 Å². The van der Waals surface area contributed by atoms with Crippen molar-refractivity contribution in [3.05, 3.63) is 53.1 Å². The van der Waals surface area contributed by atoms with Crippen LogP contribution in [0.15, 0.2) is 42.5 Å². The van der Waals surface area contributed by atoms with Crippen LogP contribution < -0.4 is 14.8 Å². The fraction of sp³-hybridized carbons (Fsp3) is 0.300. The van der Waals surface area contributed by atoms with Crippen LogP contribution in [0.25, 0.3) is 0 Å². The number of carboxylic acids is 1. The third-order valence-corrected chi connectivity index (χ3v) is 3.84. The molecule has 6 nitrogen and oxygen atoms in total. The highest BCUT2D eigenvalue weighted by molar-refractivity contribution is 6.30. The van der Waals surface area contributed by atoms with E-state index in [9.17, 15) is 9.59 Å². The molecule has 2 aromatic rings. The highest BCUT2D eigenvalue weighted by Crippen LogP contribution is 2.27. The zero-order chi connectivity index (χ0) is 19.6. The van der Waals surface area contributed by atoms with Gasteiger partial charge >= 0.3 is 5.97 Å². The molecule has 0 bridgehead atoms. The van der Waals surface area contributed by atoms with E-state index in [-0.39, 0.29) is 18.9 Å². The molecule has 0 aromatic heterocycles. The van der Waals surface area contributed by atoms with Gasteiger partial charge in [0, 0.05) is 11.4 Å². The molecule has 2 aromatic carbocycles. The number of ether oxygens (including phenoxy) is 2. The Labute approximate surface area is 163 Å². The van der Waals surface area contributed by atoms with Gasteiger partial charge in [0.05, 0.1) is 12.3 Å². The topological polar surface area (TPSA) is 84.9 Å². The van der Waals surface area contributed by atoms with Crippen LogP contribution in [0.3, 0.4) is 0 Å². The van der Waals surface area contributed by atoms with Gasteiger partial charge in [0.25, 0.3) is 5.91 Å². The zero-order valence-corrected chi connectivity index (χ0v) is 15.8. The van der Waals surface area contributed by atoms with Crippen molar-refractivity contribution in [3.63, 3.8) is 0 Å². The molecule has 0 radical (unpaired) electrons. The summed E-state index contributed by atoms with van der Waals surface area (Å²) in [5.74, 6) is -0.145. The normalized spacial score (nSPS) is 10.3. The Balaban J connectivity index is 2.03. The van der Waals surface area contributed by atoms with E-state index >= 15 is 0 Å². The number of hydrogen-bond acceptors (Lipinski definition) is 4. The van der Waals surface area contributed by atoms with Gasteiger partial charge in [0.2, 0.25) is 0 Å². The molecular formula is C20H22ClNO5. The number of aliphatic carboxylic acids is 1. The average Bonchev–Trinajstić information content (AvgIpc) is 2.65. The molecule has 0 saturated carbocycles. The Bertz CT molecular complexity index is 776. The number of benzene rings is 2. The van der Waals surface area contributed by atoms with Crippen molar-refractivity contribution in [2.24, 2.45) is 0 Å². The number of rotatable bonds is 10. The van der Waals surface area contributed by atoms with Crippen molar-refractivity contribution in [1.29, 1.82) is 0 Å². The van der Waals surface area contributed by atoms with Crippen LogP contribution >= 0.6 is 11.6 Å². The fourth-order valence-electron chi connectivity index (χ4n) is 2.29. The largest absolute Gasteiger partial charge is 0.491 e. The third-order valence-electron chi connectivity index (χ3n) is 3.59. The first kappa shape index (κ1) is 20.6. The lowest BCUT2D eigenvalue weighted by Crippen LogP contribution is -2.20. The van der Waals surface area contributed by atoms with Crippen molar-refractivity contribution in [2.45, 2.75) is 26.2 Å². The van der Waals surface area contributed by atoms with Crippen molar-refractivity contribution < 1.29 is 24.2 Å². The van der Waals surface area contributed by atoms with Crippen molar-refractivity contribution >= 4 is 29.2 Å². The number of aryl methyl sites for hydroxylation is 1. The van der Waals surface area contributed by atoms with Crippen LogP contribution in [0.4, 0.5) is 5.69 Å². The lowest BCUT2D eigenvalue weighted by molar-refractivity contribution is -0.137. The minimum Gasteiger partial charge on any atom is -0.491 e. The molecule has 0 atom stereocenters. The Morgan fingerprint density at radius 3 is 2.52 bits per heavy atom. The summed E-state index contributed by atoms with van der Waals surface area (Å²) in [7, 11) is 0. The third kappa shape index (κ3) is 7.19. The summed E-state index contributed by atoms with van der Waals surface area (Å²) >= 11 is 5.82. The number of hydrogen-bond donors (Lipinski definition) is 2. The maximum atomic E-state index is 12.2. The summed E-state index contributed by atoms with van der Waals surface area (Å²) in [5, 5.41) is 12.2. The summed E-state index contributed by atoms with van der Waals surface area (Å²) in [6.45, 7) is 2.33. The lowest BCUT2D eigenvalue weighted by Gasteiger charge is -2.14. The molecule has 7 heteroatoms. The number of amides is 1. The molecule has 0 aliphatic carbocycles. The Kier molecular flexibility index (Phi) is 7.95. The second-order valence-corrected chi connectivity index (χ2v) is 6.30. The van der Waals surface area contributed by atoms with E-state index in [1.54, 1.807) is 42.5 Å². The van der Waals surface area contributed by atoms with E-state index in [2.05, 4.69) is 5.32 Å². The molecule has 2 N–H and O–H groups in total. The summed E-state index contributed by atoms with van der Waals surface area (Å²) in [4.78, 5) is 23.0. The fourth-order valence-corrected chi connectivity index (χ4v) is 2.41. The monoisotopic (exact) mass is 391 g/mol. The van der Waals surface area contributed by atoms with E-state index in [4.69, 9.17) is 26.2 Å². The van der Waals surface area contributed by atoms with Gasteiger partial charge in [0.1, 0.15) is 11.5 Å². The number of carbonyl (C=O) groups excluding carboxylic acids is 1. The minimum atomic E-state index is -0.872. The van der Waals surface area contributed by atoms with E-state index in [1.165, 1.54) is 0 Å². The molecular weight excluding hydrogens is 370 g/mol. The zero-order valence-electron chi connectivity index (χ0n) is 15.0. The van der Waals surface area contributed by atoms with Gasteiger partial charge < -0.3 is 19.9 Å². The van der Waals surface area contributed by atoms with E-state index in [0.717, 1.165) is 12.0 Å². The average molecular weight is 392 g/mol. The second kappa shape index (κ2) is 10.4. The van der Waals surface area contributed by atoms with Crippen LogP contribution in [0.5, 0.6) is 11.5 Å². The molecule has 0 unspecified atom stereocenters. The summed E-state index contributed by atoms with van der Waals surface area (Å²) in [5.41, 5.74) is 1.30. The molecule has 0 heterocycles. The first-order chi connectivity index (χ1) is 13.0. The van der Waals surface area contributed by atoms with Crippen LogP contribution in [-0.2, 0) is 16.0 Å². The van der Waals surface area contributed by atoms with E-state index in [1.807, 2.05) is 6.92 Å². The summed E-state index contributed by atoms with van der Waals surface area (Å²) in [6.07, 6.45) is 1.21. The van der Waals surface area contributed by atoms with Crippen molar-refractivity contribution in [2.75, 3.05) is 18.5 Å². The number of carboxylic acid groups (broad SMARTS) is 1. The molecule has 2 rings (SSSR count). The van der Waals surface area contributed by atoms with Gasteiger partial charge in [-0.15, -0.1) is 0 Å². The molecule has 0 aliphatic rings. The molecule has 0 spiro atoms. The predicted octanol–water partition coefficient (Wildman–Crippen LogP) is 4.16. The number of carbonyl (C=O) groups is 2. The molecule has 27 heavy (non-hydrogen) atoms. The highest BCUT2D eigenvalue weighted by Gasteiger charge is 2.11. The van der Waals surface area contributed by atoms with Crippen LogP contribution in [0, 0.1) is 0 Å². The van der Waals surface area contributed by atoms with Crippen LogP contribution in [0.1, 0.15) is 25.3 Å². The number of nitrogens with one attached hydrogen (secondary N) is 1. The van der Waals surface area contributed by atoms with E-state index < -0.39 is 5.97 Å². The van der Waals surface area contributed by atoms with Gasteiger partial charge in [-0.2, -0.15) is 0 Å². The van der Waals surface area contributed by atoms with Gasteiger partial charge in [-0.25, -0.2) is 0 Å². The summed E-state index contributed by atoms with van der Waals surface area (Å²) < 4.78 is 11.1. The lowest BCUT2D eigenvalue weighted by atomic mass is 10.1. The highest BCUT2D eigenvalue weighted by atomic mass is 35.5.